The van der Waals surface area contributed by atoms with E-state index in [-0.39, 0.29) is 54.0 Å². The van der Waals surface area contributed by atoms with Crippen LogP contribution in [0.1, 0.15) is 49.7 Å². The Morgan fingerprint density at radius 3 is 2.72 bits per heavy atom. The van der Waals surface area contributed by atoms with E-state index < -0.39 is 17.6 Å². The minimum Gasteiger partial charge on any atom is -0.481 e. The third-order valence-corrected chi connectivity index (χ3v) is 7.83. The van der Waals surface area contributed by atoms with Gasteiger partial charge in [-0.25, -0.2) is 8.78 Å². The summed E-state index contributed by atoms with van der Waals surface area (Å²) < 4.78 is 40.6. The maximum absolute atomic E-state index is 15.3. The van der Waals surface area contributed by atoms with Gasteiger partial charge in [0, 0.05) is 18.2 Å². The van der Waals surface area contributed by atoms with Crippen molar-refractivity contribution < 1.29 is 32.6 Å². The number of aromatic nitrogens is 1. The highest BCUT2D eigenvalue weighted by Crippen LogP contribution is 2.29. The van der Waals surface area contributed by atoms with E-state index in [9.17, 15) is 14.0 Å². The molecule has 0 amide bonds. The van der Waals surface area contributed by atoms with Crippen molar-refractivity contribution in [3.63, 3.8) is 0 Å². The molecule has 10 heteroatoms. The number of carboxylic acid groups (broad SMARTS) is 1. The van der Waals surface area contributed by atoms with Gasteiger partial charge < -0.3 is 19.6 Å². The molecular weight excluding hydrogens is 508 g/mol. The number of Topliss-reactive ketones (excluding diaryl/α,β-unsaturated/α-hetero) is 1. The molecular formula is C29H33F2N3O5. The molecule has 1 atom stereocenters. The Morgan fingerprint density at radius 1 is 1.15 bits per heavy atom. The van der Waals surface area contributed by atoms with Crippen LogP contribution < -0.4 is 5.32 Å². The number of ketones is 1. The molecule has 0 unspecified atom stereocenters. The summed E-state index contributed by atoms with van der Waals surface area (Å²) in [4.78, 5) is 30.4. The predicted octanol–water partition coefficient (Wildman–Crippen LogP) is 5.39. The summed E-state index contributed by atoms with van der Waals surface area (Å²) in [5, 5.41) is 12.1. The second-order valence-electron chi connectivity index (χ2n) is 10.6. The molecule has 2 heterocycles. The zero-order chi connectivity index (χ0) is 27.5. The number of oxazole rings is 1. The second-order valence-corrected chi connectivity index (χ2v) is 10.6. The summed E-state index contributed by atoms with van der Waals surface area (Å²) in [6.07, 6.45) is 4.63. The minimum absolute atomic E-state index is 0.0393. The zero-order valence-corrected chi connectivity index (χ0v) is 21.9. The molecule has 1 aliphatic carbocycles. The van der Waals surface area contributed by atoms with Crippen molar-refractivity contribution in [2.75, 3.05) is 25.0 Å². The van der Waals surface area contributed by atoms with Gasteiger partial charge in [0.05, 0.1) is 25.2 Å². The van der Waals surface area contributed by atoms with E-state index >= 15 is 4.39 Å². The number of carbonyl (C=O) groups is 2. The Balaban J connectivity index is 1.17. The van der Waals surface area contributed by atoms with Crippen molar-refractivity contribution in [1.82, 2.24) is 9.88 Å². The molecule has 2 N–H and O–H groups in total. The molecule has 2 aliphatic rings. The average Bonchev–Trinajstić information content (AvgIpc) is 3.53. The Bertz CT molecular complexity index is 1350. The largest absolute Gasteiger partial charge is 0.481 e. The average molecular weight is 542 g/mol. The number of aliphatic carboxylic acids is 1. The number of aryl methyl sites for hydroxylation is 1. The van der Waals surface area contributed by atoms with Crippen LogP contribution in [0, 0.1) is 24.5 Å². The van der Waals surface area contributed by atoms with Gasteiger partial charge in [0.2, 0.25) is 0 Å². The first-order valence-corrected chi connectivity index (χ1v) is 13.5. The number of rotatable bonds is 10. The molecule has 1 aromatic heterocycles. The number of nitrogens with zero attached hydrogens (tertiary/aromatic N) is 2. The van der Waals surface area contributed by atoms with Gasteiger partial charge in [-0.2, -0.15) is 4.98 Å². The number of nitrogens with one attached hydrogen (secondary N) is 1. The highest BCUT2D eigenvalue weighted by Gasteiger charge is 2.30. The summed E-state index contributed by atoms with van der Waals surface area (Å²) in [6, 6.07) is 7.60. The normalized spacial score (nSPS) is 21.9. The molecule has 5 rings (SSSR count). The number of carboxylic acids is 1. The SMILES string of the molecule is Cc1ccc(F)cc1Nc1nc2ccc(CC(=O)CN3CCC[C@H]3CO[C@H]3CC[C@H](C(=O)O)CC3)c(F)c2o1. The van der Waals surface area contributed by atoms with E-state index in [2.05, 4.69) is 15.2 Å². The van der Waals surface area contributed by atoms with Crippen LogP contribution in [0.15, 0.2) is 34.7 Å². The minimum atomic E-state index is -0.733. The highest BCUT2D eigenvalue weighted by molar-refractivity contribution is 5.85. The fraction of sp³-hybridized carbons (Fsp3) is 0.483. The monoisotopic (exact) mass is 541 g/mol. The Kier molecular flexibility index (Phi) is 8.23. The molecule has 3 aromatic rings. The number of ether oxygens (including phenoxy) is 1. The van der Waals surface area contributed by atoms with Crippen molar-refractivity contribution in [1.29, 1.82) is 0 Å². The first-order valence-electron chi connectivity index (χ1n) is 13.5. The molecule has 39 heavy (non-hydrogen) atoms. The number of hydrogen-bond acceptors (Lipinski definition) is 7. The fourth-order valence-corrected chi connectivity index (χ4v) is 5.55. The third-order valence-electron chi connectivity index (χ3n) is 7.83. The molecule has 208 valence electrons. The molecule has 2 fully saturated rings. The van der Waals surface area contributed by atoms with E-state index in [1.165, 1.54) is 12.1 Å². The lowest BCUT2D eigenvalue weighted by Gasteiger charge is -2.29. The Morgan fingerprint density at radius 2 is 1.95 bits per heavy atom. The summed E-state index contributed by atoms with van der Waals surface area (Å²) in [5.41, 5.74) is 1.73. The van der Waals surface area contributed by atoms with Crippen molar-refractivity contribution in [2.45, 2.75) is 64.0 Å². The van der Waals surface area contributed by atoms with Crippen molar-refractivity contribution in [3.05, 3.63) is 53.1 Å². The maximum Gasteiger partial charge on any atom is 0.306 e. The number of halogens is 2. The predicted molar refractivity (Wildman–Crippen MR) is 141 cm³/mol. The van der Waals surface area contributed by atoms with Gasteiger partial charge in [0.15, 0.2) is 17.2 Å². The highest BCUT2D eigenvalue weighted by atomic mass is 19.1. The quantitative estimate of drug-likeness (QED) is 0.352. The first kappa shape index (κ1) is 27.2. The van der Waals surface area contributed by atoms with Crippen LogP contribution in [0.3, 0.4) is 0 Å². The van der Waals surface area contributed by atoms with E-state index in [4.69, 9.17) is 14.3 Å². The van der Waals surface area contributed by atoms with E-state index in [1.807, 2.05) is 0 Å². The second kappa shape index (κ2) is 11.8. The van der Waals surface area contributed by atoms with Crippen molar-refractivity contribution in [3.8, 4) is 0 Å². The van der Waals surface area contributed by atoms with E-state index in [0.717, 1.165) is 37.8 Å². The molecule has 0 bridgehead atoms. The van der Waals surface area contributed by atoms with Gasteiger partial charge in [-0.1, -0.05) is 12.1 Å². The topological polar surface area (TPSA) is 105 Å². The van der Waals surface area contributed by atoms with Crippen LogP contribution in [-0.4, -0.2) is 58.6 Å². The third kappa shape index (κ3) is 6.45. The van der Waals surface area contributed by atoms with Gasteiger partial charge in [-0.15, -0.1) is 0 Å². The van der Waals surface area contributed by atoms with E-state index in [1.54, 1.807) is 25.1 Å². The van der Waals surface area contributed by atoms with Crippen molar-refractivity contribution in [2.24, 2.45) is 5.92 Å². The van der Waals surface area contributed by atoms with Gasteiger partial charge in [0.1, 0.15) is 11.3 Å². The van der Waals surface area contributed by atoms with Crippen LogP contribution in [0.2, 0.25) is 0 Å². The van der Waals surface area contributed by atoms with Crippen molar-refractivity contribution >= 4 is 34.6 Å². The fourth-order valence-electron chi connectivity index (χ4n) is 5.55. The van der Waals surface area contributed by atoms with Crippen LogP contribution in [0.5, 0.6) is 0 Å². The van der Waals surface area contributed by atoms with Crippen LogP contribution in [-0.2, 0) is 20.7 Å². The summed E-state index contributed by atoms with van der Waals surface area (Å²) in [5.74, 6) is -2.15. The number of benzene rings is 2. The van der Waals surface area contributed by atoms with Gasteiger partial charge >= 0.3 is 5.97 Å². The molecule has 1 saturated heterocycles. The number of carbonyl (C=O) groups excluding carboxylic acids is 1. The Hall–Kier alpha value is -3.37. The Labute approximate surface area is 225 Å². The van der Waals surface area contributed by atoms with Gasteiger partial charge in [-0.05, 0) is 81.3 Å². The zero-order valence-electron chi connectivity index (χ0n) is 21.9. The summed E-state index contributed by atoms with van der Waals surface area (Å²) >= 11 is 0. The van der Waals surface area contributed by atoms with Crippen LogP contribution in [0.25, 0.3) is 11.1 Å². The number of likely N-dealkylation sites (tertiary alicyclic amines) is 1. The molecule has 2 aromatic carbocycles. The first-order chi connectivity index (χ1) is 18.8. The molecule has 8 nitrogen and oxygen atoms in total. The molecule has 0 radical (unpaired) electrons. The number of anilines is 2. The maximum atomic E-state index is 15.3. The lowest BCUT2D eigenvalue weighted by atomic mass is 9.87. The van der Waals surface area contributed by atoms with Gasteiger partial charge in [-0.3, -0.25) is 14.5 Å². The lowest BCUT2D eigenvalue weighted by molar-refractivity contribution is -0.143. The molecule has 1 saturated carbocycles. The smallest absolute Gasteiger partial charge is 0.306 e. The van der Waals surface area contributed by atoms with Gasteiger partial charge in [0.25, 0.3) is 6.01 Å². The number of hydrogen-bond donors (Lipinski definition) is 2. The van der Waals surface area contributed by atoms with Crippen LogP contribution >= 0.6 is 0 Å². The standard InChI is InChI=1S/C29H33F2N3O5/c1-17-4-8-20(30)14-25(17)33-29-32-24-11-7-19(26(31)27(24)39-29)13-22(35)15-34-12-2-3-21(34)16-38-23-9-5-18(6-10-23)28(36)37/h4,7-8,11,14,18,21,23H,2-3,5-6,9-10,12-13,15-16H2,1H3,(H,32,33)(H,36,37)/t18-,21-,23-/m0/s1. The summed E-state index contributed by atoms with van der Waals surface area (Å²) in [7, 11) is 0. The molecule has 1 aliphatic heterocycles. The van der Waals surface area contributed by atoms with Crippen LogP contribution in [0.4, 0.5) is 20.5 Å². The lowest BCUT2D eigenvalue weighted by Crippen LogP contribution is -2.39. The molecule has 0 spiro atoms. The van der Waals surface area contributed by atoms with E-state index in [0.29, 0.717) is 30.7 Å². The summed E-state index contributed by atoms with van der Waals surface area (Å²) in [6.45, 7) is 3.30. The number of fused-ring (bicyclic) bond motifs is 1.